The first-order chi connectivity index (χ1) is 9.76. The average molecular weight is 290 g/mol. The van der Waals surface area contributed by atoms with Gasteiger partial charge in [0, 0.05) is 29.9 Å². The number of imidazole rings is 1. The van der Waals surface area contributed by atoms with E-state index in [-0.39, 0.29) is 0 Å². The second-order valence-corrected chi connectivity index (χ2v) is 4.66. The van der Waals surface area contributed by atoms with E-state index >= 15 is 0 Å². The van der Waals surface area contributed by atoms with Crippen LogP contribution in [0.25, 0.3) is 23.0 Å². The van der Waals surface area contributed by atoms with Crippen molar-refractivity contribution in [2.24, 2.45) is 5.73 Å². The van der Waals surface area contributed by atoms with Gasteiger partial charge in [0.2, 0.25) is 5.82 Å². The van der Waals surface area contributed by atoms with Crippen molar-refractivity contribution in [2.75, 3.05) is 6.54 Å². The monoisotopic (exact) mass is 289 g/mol. The molecule has 2 N–H and O–H groups in total. The van der Waals surface area contributed by atoms with E-state index < -0.39 is 0 Å². The van der Waals surface area contributed by atoms with E-state index in [1.54, 1.807) is 18.5 Å². The van der Waals surface area contributed by atoms with Crippen molar-refractivity contribution in [1.82, 2.24) is 19.7 Å². The zero-order chi connectivity index (χ0) is 13.9. The highest BCUT2D eigenvalue weighted by Gasteiger charge is 2.13. The molecule has 7 heteroatoms. The number of benzene rings is 1. The third kappa shape index (κ3) is 2.56. The van der Waals surface area contributed by atoms with Gasteiger partial charge in [-0.3, -0.25) is 0 Å². The Hall–Kier alpha value is -2.18. The number of rotatable bonds is 4. The topological polar surface area (TPSA) is 82.8 Å². The Bertz CT molecular complexity index is 721. The number of hydrogen-bond acceptors (Lipinski definition) is 5. The molecule has 20 heavy (non-hydrogen) atoms. The molecule has 0 aliphatic rings. The van der Waals surface area contributed by atoms with Crippen molar-refractivity contribution < 1.29 is 4.52 Å². The van der Waals surface area contributed by atoms with Crippen molar-refractivity contribution in [3.05, 3.63) is 41.8 Å². The van der Waals surface area contributed by atoms with Crippen LogP contribution in [-0.2, 0) is 6.54 Å². The van der Waals surface area contributed by atoms with Crippen LogP contribution in [0.5, 0.6) is 0 Å². The van der Waals surface area contributed by atoms with Crippen LogP contribution in [0.1, 0.15) is 0 Å². The number of halogens is 1. The highest BCUT2D eigenvalue weighted by Crippen LogP contribution is 2.23. The minimum atomic E-state index is 0.371. The molecule has 3 aromatic rings. The molecular weight excluding hydrogens is 278 g/mol. The fraction of sp³-hybridized carbons (Fsp3) is 0.154. The molecule has 0 fully saturated rings. The quantitative estimate of drug-likeness (QED) is 0.796. The maximum absolute atomic E-state index is 5.94. The summed E-state index contributed by atoms with van der Waals surface area (Å²) < 4.78 is 7.10. The van der Waals surface area contributed by atoms with Crippen molar-refractivity contribution in [2.45, 2.75) is 6.54 Å². The second-order valence-electron chi connectivity index (χ2n) is 4.22. The summed E-state index contributed by atoms with van der Waals surface area (Å²) in [7, 11) is 0. The smallest absolute Gasteiger partial charge is 0.278 e. The molecule has 2 aromatic heterocycles. The molecule has 0 saturated heterocycles. The zero-order valence-electron chi connectivity index (χ0n) is 10.5. The summed E-state index contributed by atoms with van der Waals surface area (Å²) in [6, 6.07) is 7.28. The van der Waals surface area contributed by atoms with Crippen LogP contribution >= 0.6 is 11.6 Å². The normalized spacial score (nSPS) is 10.9. The van der Waals surface area contributed by atoms with Gasteiger partial charge in [0.25, 0.3) is 5.89 Å². The minimum Gasteiger partial charge on any atom is -0.335 e. The molecule has 0 spiro atoms. The Morgan fingerprint density at radius 3 is 3.05 bits per heavy atom. The number of nitrogens with two attached hydrogens (primary N) is 1. The Morgan fingerprint density at radius 2 is 2.25 bits per heavy atom. The molecule has 1 aromatic carbocycles. The summed E-state index contributed by atoms with van der Waals surface area (Å²) in [6.45, 7) is 1.25. The molecule has 0 aliphatic carbocycles. The molecule has 6 nitrogen and oxygen atoms in total. The van der Waals surface area contributed by atoms with Gasteiger partial charge < -0.3 is 14.8 Å². The standard InChI is InChI=1S/C13H12ClN5O/c14-10-3-1-2-9(6-10)12-17-13(20-18-12)11-7-19(5-4-15)8-16-11/h1-3,6-8H,4-5,15H2. The predicted octanol–water partition coefficient (Wildman–Crippen LogP) is 2.21. The summed E-state index contributed by atoms with van der Waals surface area (Å²) in [6.07, 6.45) is 3.51. The summed E-state index contributed by atoms with van der Waals surface area (Å²) in [5.74, 6) is 0.853. The number of aromatic nitrogens is 4. The van der Waals surface area contributed by atoms with E-state index in [9.17, 15) is 0 Å². The van der Waals surface area contributed by atoms with E-state index in [2.05, 4.69) is 15.1 Å². The van der Waals surface area contributed by atoms with Gasteiger partial charge in [0.15, 0.2) is 0 Å². The van der Waals surface area contributed by atoms with Gasteiger partial charge >= 0.3 is 0 Å². The second kappa shape index (κ2) is 5.44. The van der Waals surface area contributed by atoms with Gasteiger partial charge in [-0.2, -0.15) is 4.98 Å². The molecule has 0 radical (unpaired) electrons. The molecule has 2 heterocycles. The van der Waals surface area contributed by atoms with Crippen LogP contribution in [0.2, 0.25) is 5.02 Å². The van der Waals surface area contributed by atoms with E-state index in [1.165, 1.54) is 0 Å². The zero-order valence-corrected chi connectivity index (χ0v) is 11.3. The lowest BCUT2D eigenvalue weighted by molar-refractivity contribution is 0.431. The Morgan fingerprint density at radius 1 is 1.35 bits per heavy atom. The van der Waals surface area contributed by atoms with Crippen LogP contribution in [-0.4, -0.2) is 26.2 Å². The largest absolute Gasteiger partial charge is 0.335 e. The molecule has 3 rings (SSSR count). The summed E-state index contributed by atoms with van der Waals surface area (Å²) >= 11 is 5.94. The van der Waals surface area contributed by atoms with Crippen LogP contribution in [0.4, 0.5) is 0 Å². The molecule has 0 aliphatic heterocycles. The molecule has 0 unspecified atom stereocenters. The highest BCUT2D eigenvalue weighted by atomic mass is 35.5. The lowest BCUT2D eigenvalue weighted by Crippen LogP contribution is -2.07. The molecular formula is C13H12ClN5O. The first-order valence-corrected chi connectivity index (χ1v) is 6.46. The predicted molar refractivity (Wildman–Crippen MR) is 75.0 cm³/mol. The van der Waals surface area contributed by atoms with Crippen LogP contribution in [0, 0.1) is 0 Å². The lowest BCUT2D eigenvalue weighted by atomic mass is 10.2. The fourth-order valence-electron chi connectivity index (χ4n) is 1.81. The van der Waals surface area contributed by atoms with E-state index in [0.29, 0.717) is 35.5 Å². The van der Waals surface area contributed by atoms with Crippen molar-refractivity contribution in [1.29, 1.82) is 0 Å². The highest BCUT2D eigenvalue weighted by molar-refractivity contribution is 6.30. The SMILES string of the molecule is NCCn1cnc(-c2nc(-c3cccc(Cl)c3)no2)c1. The Kier molecular flexibility index (Phi) is 3.49. The van der Waals surface area contributed by atoms with Crippen LogP contribution < -0.4 is 5.73 Å². The molecule has 0 bridgehead atoms. The van der Waals surface area contributed by atoms with Crippen molar-refractivity contribution >= 4 is 11.6 Å². The van der Waals surface area contributed by atoms with E-state index in [4.69, 9.17) is 21.9 Å². The van der Waals surface area contributed by atoms with Gasteiger partial charge in [-0.1, -0.05) is 28.9 Å². The molecule has 102 valence electrons. The maximum Gasteiger partial charge on any atom is 0.278 e. The third-order valence-corrected chi connectivity index (χ3v) is 2.98. The lowest BCUT2D eigenvalue weighted by Gasteiger charge is -1.94. The van der Waals surface area contributed by atoms with Crippen molar-refractivity contribution in [3.8, 4) is 23.0 Å². The van der Waals surface area contributed by atoms with Gasteiger partial charge in [0.1, 0.15) is 5.69 Å². The first-order valence-electron chi connectivity index (χ1n) is 6.08. The third-order valence-electron chi connectivity index (χ3n) is 2.75. The van der Waals surface area contributed by atoms with Gasteiger partial charge in [0.05, 0.1) is 6.33 Å². The molecule has 0 atom stereocenters. The minimum absolute atomic E-state index is 0.371. The summed E-state index contributed by atoms with van der Waals surface area (Å²) in [4.78, 5) is 8.54. The number of hydrogen-bond donors (Lipinski definition) is 1. The van der Waals surface area contributed by atoms with Crippen LogP contribution in [0.15, 0.2) is 41.3 Å². The molecule has 0 amide bonds. The van der Waals surface area contributed by atoms with Gasteiger partial charge in [-0.15, -0.1) is 0 Å². The summed E-state index contributed by atoms with van der Waals surface area (Å²) in [5, 5.41) is 4.57. The summed E-state index contributed by atoms with van der Waals surface area (Å²) in [5.41, 5.74) is 6.91. The Labute approximate surface area is 120 Å². The average Bonchev–Trinajstić information content (AvgIpc) is 3.07. The Balaban J connectivity index is 1.89. The number of nitrogens with zero attached hydrogens (tertiary/aromatic N) is 4. The van der Waals surface area contributed by atoms with E-state index in [1.807, 2.05) is 22.9 Å². The van der Waals surface area contributed by atoms with Crippen molar-refractivity contribution in [3.63, 3.8) is 0 Å². The fourth-order valence-corrected chi connectivity index (χ4v) is 2.00. The molecule has 0 saturated carbocycles. The van der Waals surface area contributed by atoms with Gasteiger partial charge in [-0.05, 0) is 12.1 Å². The van der Waals surface area contributed by atoms with Crippen LogP contribution in [0.3, 0.4) is 0 Å². The maximum atomic E-state index is 5.94. The van der Waals surface area contributed by atoms with Gasteiger partial charge in [-0.25, -0.2) is 4.98 Å². The van der Waals surface area contributed by atoms with E-state index in [0.717, 1.165) is 5.56 Å². The first kappa shape index (κ1) is 12.8.